The van der Waals surface area contributed by atoms with Gasteiger partial charge in [0.15, 0.2) is 5.78 Å². The summed E-state index contributed by atoms with van der Waals surface area (Å²) >= 11 is 0. The summed E-state index contributed by atoms with van der Waals surface area (Å²) in [6.07, 6.45) is 1.70. The lowest BCUT2D eigenvalue weighted by molar-refractivity contribution is -0.119. The van der Waals surface area contributed by atoms with Crippen molar-refractivity contribution in [2.45, 2.75) is 25.8 Å². The Kier molecular flexibility index (Phi) is 4.41. The van der Waals surface area contributed by atoms with Crippen molar-refractivity contribution in [1.29, 1.82) is 0 Å². The van der Waals surface area contributed by atoms with E-state index in [1.54, 1.807) is 6.92 Å². The maximum Gasteiger partial charge on any atom is 0.150 e. The molecule has 72 valence electrons. The van der Waals surface area contributed by atoms with Crippen LogP contribution in [0.1, 0.15) is 19.8 Å². The first-order valence-corrected chi connectivity index (χ1v) is 5.89. The molecule has 5 heteroatoms. The van der Waals surface area contributed by atoms with E-state index in [4.69, 9.17) is 5.73 Å². The summed E-state index contributed by atoms with van der Waals surface area (Å²) in [5, 5.41) is 0. The van der Waals surface area contributed by atoms with Gasteiger partial charge in [0.1, 0.15) is 9.84 Å². The van der Waals surface area contributed by atoms with E-state index in [0.29, 0.717) is 6.42 Å². The minimum atomic E-state index is -3.04. The Hall–Kier alpha value is -0.420. The number of nitrogens with two attached hydrogens (primary N) is 1. The van der Waals surface area contributed by atoms with Crippen molar-refractivity contribution < 1.29 is 13.2 Å². The van der Waals surface area contributed by atoms with Crippen LogP contribution in [0.25, 0.3) is 0 Å². The van der Waals surface area contributed by atoms with Gasteiger partial charge in [0, 0.05) is 12.7 Å². The predicted octanol–water partition coefficient (Wildman–Crippen LogP) is -0.272. The van der Waals surface area contributed by atoms with E-state index in [1.165, 1.54) is 0 Å². The summed E-state index contributed by atoms with van der Waals surface area (Å²) in [5.41, 5.74) is 5.40. The second kappa shape index (κ2) is 4.57. The van der Waals surface area contributed by atoms with Gasteiger partial charge in [0.05, 0.1) is 11.8 Å². The Labute approximate surface area is 73.1 Å². The van der Waals surface area contributed by atoms with E-state index in [1.807, 2.05) is 0 Å². The summed E-state index contributed by atoms with van der Waals surface area (Å²) in [6.45, 7) is 1.79. The van der Waals surface area contributed by atoms with Crippen LogP contribution in [0.4, 0.5) is 0 Å². The average molecular weight is 193 g/mol. The lowest BCUT2D eigenvalue weighted by atomic mass is 10.1. The highest BCUT2D eigenvalue weighted by molar-refractivity contribution is 7.90. The molecule has 0 rings (SSSR count). The second-order valence-corrected chi connectivity index (χ2v) is 5.12. The normalized spacial score (nSPS) is 14.2. The molecule has 0 amide bonds. The average Bonchev–Trinajstić information content (AvgIpc) is 1.97. The van der Waals surface area contributed by atoms with Gasteiger partial charge in [-0.05, 0) is 6.42 Å². The molecular formula is C7H15NO3S. The van der Waals surface area contributed by atoms with Crippen LogP contribution in [0, 0.1) is 0 Å². The lowest BCUT2D eigenvalue weighted by Gasteiger charge is -2.05. The van der Waals surface area contributed by atoms with Gasteiger partial charge in [-0.2, -0.15) is 0 Å². The molecule has 1 atom stereocenters. The topological polar surface area (TPSA) is 77.2 Å². The van der Waals surface area contributed by atoms with Crippen molar-refractivity contribution in [3.05, 3.63) is 0 Å². The lowest BCUT2D eigenvalue weighted by Crippen LogP contribution is -2.30. The van der Waals surface area contributed by atoms with Gasteiger partial charge in [0.2, 0.25) is 0 Å². The van der Waals surface area contributed by atoms with Gasteiger partial charge in [0.25, 0.3) is 0 Å². The van der Waals surface area contributed by atoms with E-state index in [0.717, 1.165) is 6.26 Å². The molecular weight excluding hydrogens is 178 g/mol. The Morgan fingerprint density at radius 3 is 2.33 bits per heavy atom. The molecule has 12 heavy (non-hydrogen) atoms. The number of hydrogen-bond acceptors (Lipinski definition) is 4. The highest BCUT2D eigenvalue weighted by Crippen LogP contribution is 1.96. The van der Waals surface area contributed by atoms with Crippen molar-refractivity contribution in [2.24, 2.45) is 5.73 Å². The largest absolute Gasteiger partial charge is 0.322 e. The van der Waals surface area contributed by atoms with Crippen molar-refractivity contribution in [2.75, 3.05) is 12.0 Å². The fourth-order valence-corrected chi connectivity index (χ4v) is 1.27. The van der Waals surface area contributed by atoms with Crippen LogP contribution in [0.3, 0.4) is 0 Å². The van der Waals surface area contributed by atoms with Gasteiger partial charge in [-0.3, -0.25) is 4.79 Å². The standard InChI is InChI=1S/C7H15NO3S/c1-3-6(8)7(9)4-5-12(2,10)11/h6H,3-5,8H2,1-2H3. The number of rotatable bonds is 5. The number of ketones is 1. The number of carbonyl (C=O) groups is 1. The molecule has 4 nitrogen and oxygen atoms in total. The number of Topliss-reactive ketones (excluding diaryl/α,β-unsaturated/α-hetero) is 1. The summed E-state index contributed by atoms with van der Waals surface area (Å²) in [7, 11) is -3.04. The molecule has 0 aliphatic heterocycles. The Balaban J connectivity index is 3.88. The molecule has 2 N–H and O–H groups in total. The molecule has 0 fully saturated rings. The minimum Gasteiger partial charge on any atom is -0.322 e. The monoisotopic (exact) mass is 193 g/mol. The molecule has 0 heterocycles. The molecule has 0 spiro atoms. The van der Waals surface area contributed by atoms with E-state index in [9.17, 15) is 13.2 Å². The van der Waals surface area contributed by atoms with Gasteiger partial charge >= 0.3 is 0 Å². The fraction of sp³-hybridized carbons (Fsp3) is 0.857. The first-order chi connectivity index (χ1) is 5.37. The summed E-state index contributed by atoms with van der Waals surface area (Å²) in [4.78, 5) is 11.0. The summed E-state index contributed by atoms with van der Waals surface area (Å²) in [6, 6.07) is -0.508. The van der Waals surface area contributed by atoms with Gasteiger partial charge in [-0.1, -0.05) is 6.92 Å². The van der Waals surface area contributed by atoms with Crippen molar-refractivity contribution in [3.8, 4) is 0 Å². The zero-order valence-corrected chi connectivity index (χ0v) is 8.23. The number of carbonyl (C=O) groups excluding carboxylic acids is 1. The molecule has 1 unspecified atom stereocenters. The van der Waals surface area contributed by atoms with Crippen molar-refractivity contribution >= 4 is 15.6 Å². The van der Waals surface area contributed by atoms with Gasteiger partial charge in [-0.15, -0.1) is 0 Å². The van der Waals surface area contributed by atoms with Crippen LogP contribution in [0.5, 0.6) is 0 Å². The predicted molar refractivity (Wildman–Crippen MR) is 47.6 cm³/mol. The van der Waals surface area contributed by atoms with Crippen LogP contribution in [-0.4, -0.2) is 32.3 Å². The van der Waals surface area contributed by atoms with Crippen LogP contribution in [0.2, 0.25) is 0 Å². The Bertz CT molecular complexity index is 245. The molecule has 0 aromatic heterocycles. The first-order valence-electron chi connectivity index (χ1n) is 3.83. The molecule has 0 aliphatic rings. The van der Waals surface area contributed by atoms with E-state index >= 15 is 0 Å². The zero-order chi connectivity index (χ0) is 9.78. The van der Waals surface area contributed by atoms with Crippen LogP contribution in [-0.2, 0) is 14.6 Å². The van der Waals surface area contributed by atoms with E-state index in [2.05, 4.69) is 0 Å². The Morgan fingerprint density at radius 1 is 1.50 bits per heavy atom. The minimum absolute atomic E-state index is 0.0356. The third-order valence-corrected chi connectivity index (χ3v) is 2.52. The molecule has 0 radical (unpaired) electrons. The zero-order valence-electron chi connectivity index (χ0n) is 7.41. The third-order valence-electron chi connectivity index (χ3n) is 1.57. The van der Waals surface area contributed by atoms with Crippen LogP contribution >= 0.6 is 0 Å². The molecule has 0 aliphatic carbocycles. The highest BCUT2D eigenvalue weighted by Gasteiger charge is 2.13. The third kappa shape index (κ3) is 5.26. The quantitative estimate of drug-likeness (QED) is 0.652. The number of hydrogen-bond donors (Lipinski definition) is 1. The van der Waals surface area contributed by atoms with Crippen LogP contribution < -0.4 is 5.73 Å². The summed E-state index contributed by atoms with van der Waals surface area (Å²) in [5.74, 6) is -0.276. The SMILES string of the molecule is CCC(N)C(=O)CCS(C)(=O)=O. The molecule has 0 aromatic rings. The molecule has 0 saturated carbocycles. The highest BCUT2D eigenvalue weighted by atomic mass is 32.2. The van der Waals surface area contributed by atoms with Crippen molar-refractivity contribution in [1.82, 2.24) is 0 Å². The smallest absolute Gasteiger partial charge is 0.150 e. The summed E-state index contributed by atoms with van der Waals surface area (Å²) < 4.78 is 21.3. The first kappa shape index (κ1) is 11.6. The molecule has 0 bridgehead atoms. The van der Waals surface area contributed by atoms with Gasteiger partial charge in [-0.25, -0.2) is 8.42 Å². The van der Waals surface area contributed by atoms with E-state index < -0.39 is 15.9 Å². The Morgan fingerprint density at radius 2 is 2.00 bits per heavy atom. The second-order valence-electron chi connectivity index (χ2n) is 2.86. The van der Waals surface area contributed by atoms with Crippen molar-refractivity contribution in [3.63, 3.8) is 0 Å². The fourth-order valence-electron chi connectivity index (χ4n) is 0.699. The maximum atomic E-state index is 11.0. The molecule has 0 aromatic carbocycles. The molecule has 0 saturated heterocycles. The van der Waals surface area contributed by atoms with Gasteiger partial charge < -0.3 is 5.73 Å². The maximum absolute atomic E-state index is 11.0. The van der Waals surface area contributed by atoms with Crippen LogP contribution in [0.15, 0.2) is 0 Å². The number of sulfone groups is 1. The van der Waals surface area contributed by atoms with E-state index in [-0.39, 0.29) is 18.0 Å².